The molecular formula is C25H31N3O5. The minimum absolute atomic E-state index is 0.0550. The molecule has 1 aliphatic heterocycles. The number of likely N-dealkylation sites (tertiary alicyclic amines) is 1. The van der Waals surface area contributed by atoms with Crippen LogP contribution in [0.25, 0.3) is 0 Å². The van der Waals surface area contributed by atoms with Crippen LogP contribution in [0.1, 0.15) is 47.4 Å². The molecule has 3 N–H and O–H groups in total. The highest BCUT2D eigenvalue weighted by molar-refractivity contribution is 5.98. The predicted molar refractivity (Wildman–Crippen MR) is 124 cm³/mol. The number of carbonyl (C=O) groups excluding carboxylic acids is 3. The number of methoxy groups -OCH3 is 1. The highest BCUT2D eigenvalue weighted by atomic mass is 16.5. The zero-order valence-electron chi connectivity index (χ0n) is 19.2. The molecule has 8 nitrogen and oxygen atoms in total. The van der Waals surface area contributed by atoms with E-state index in [1.807, 2.05) is 13.8 Å². The molecule has 0 saturated carbocycles. The molecule has 33 heavy (non-hydrogen) atoms. The fraction of sp³-hybridized carbons (Fsp3) is 0.400. The van der Waals surface area contributed by atoms with Gasteiger partial charge in [-0.15, -0.1) is 0 Å². The second-order valence-corrected chi connectivity index (χ2v) is 8.55. The lowest BCUT2D eigenvalue weighted by Crippen LogP contribution is -2.54. The van der Waals surface area contributed by atoms with Gasteiger partial charge in [0.1, 0.15) is 17.5 Å². The van der Waals surface area contributed by atoms with Crippen molar-refractivity contribution >= 4 is 17.7 Å². The molecule has 0 aromatic heterocycles. The molecule has 2 aromatic carbocycles. The lowest BCUT2D eigenvalue weighted by Gasteiger charge is -2.33. The summed E-state index contributed by atoms with van der Waals surface area (Å²) in [6.45, 7) is 4.78. The maximum absolute atomic E-state index is 12.9. The first-order chi connectivity index (χ1) is 15.8. The highest BCUT2D eigenvalue weighted by Crippen LogP contribution is 2.18. The second-order valence-electron chi connectivity index (χ2n) is 8.55. The van der Waals surface area contributed by atoms with E-state index in [1.54, 1.807) is 48.4 Å². The van der Waals surface area contributed by atoms with Crippen LogP contribution in [0.3, 0.4) is 0 Å². The standard InChI is InChI=1S/C25H31N3O5/c1-16(2)22(27-23(30)17-7-9-21(33-3)10-8-17)24(31)26-19-11-13-28(14-12-19)25(32)18-5-4-6-20(29)15-18/h4-10,15-16,19,22,29H,11-14H2,1-3H3,(H,26,31)(H,27,30)/t22-/m1/s1. The molecule has 1 heterocycles. The minimum atomic E-state index is -0.674. The van der Waals surface area contributed by atoms with Gasteiger partial charge in [-0.05, 0) is 61.2 Å². The smallest absolute Gasteiger partial charge is 0.253 e. The lowest BCUT2D eigenvalue weighted by molar-refractivity contribution is -0.124. The van der Waals surface area contributed by atoms with E-state index < -0.39 is 6.04 Å². The van der Waals surface area contributed by atoms with Crippen LogP contribution in [0, 0.1) is 5.92 Å². The summed E-state index contributed by atoms with van der Waals surface area (Å²) in [5, 5.41) is 15.5. The van der Waals surface area contributed by atoms with Gasteiger partial charge in [-0.2, -0.15) is 0 Å². The molecule has 0 bridgehead atoms. The van der Waals surface area contributed by atoms with Crippen LogP contribution >= 0.6 is 0 Å². The van der Waals surface area contributed by atoms with Crippen molar-refractivity contribution in [3.63, 3.8) is 0 Å². The topological polar surface area (TPSA) is 108 Å². The average molecular weight is 454 g/mol. The van der Waals surface area contributed by atoms with Gasteiger partial charge in [0.05, 0.1) is 7.11 Å². The molecule has 0 unspecified atom stereocenters. The number of piperidine rings is 1. The third-order valence-electron chi connectivity index (χ3n) is 5.81. The minimum Gasteiger partial charge on any atom is -0.508 e. The van der Waals surface area contributed by atoms with Crippen LogP contribution in [-0.2, 0) is 4.79 Å². The van der Waals surface area contributed by atoms with Crippen molar-refractivity contribution in [3.05, 3.63) is 59.7 Å². The van der Waals surface area contributed by atoms with Gasteiger partial charge in [-0.25, -0.2) is 0 Å². The summed E-state index contributed by atoms with van der Waals surface area (Å²) >= 11 is 0. The predicted octanol–water partition coefficient (Wildman–Crippen LogP) is 2.58. The molecule has 0 spiro atoms. The van der Waals surface area contributed by atoms with E-state index in [0.29, 0.717) is 42.8 Å². The number of carbonyl (C=O) groups is 3. The summed E-state index contributed by atoms with van der Waals surface area (Å²) in [6, 6.07) is 12.3. The van der Waals surface area contributed by atoms with Crippen LogP contribution in [0.5, 0.6) is 11.5 Å². The first-order valence-corrected chi connectivity index (χ1v) is 11.1. The molecule has 0 aliphatic carbocycles. The number of hydrogen-bond acceptors (Lipinski definition) is 5. The summed E-state index contributed by atoms with van der Waals surface area (Å²) in [7, 11) is 1.56. The first kappa shape index (κ1) is 24.1. The molecule has 3 rings (SSSR count). The molecule has 2 aromatic rings. The third-order valence-corrected chi connectivity index (χ3v) is 5.81. The number of amides is 3. The zero-order valence-corrected chi connectivity index (χ0v) is 19.2. The summed E-state index contributed by atoms with van der Waals surface area (Å²) in [4.78, 5) is 40.0. The van der Waals surface area contributed by atoms with E-state index in [0.717, 1.165) is 0 Å². The zero-order chi connectivity index (χ0) is 24.0. The van der Waals surface area contributed by atoms with Crippen molar-refractivity contribution in [2.45, 2.75) is 38.8 Å². The normalized spacial score (nSPS) is 15.1. The van der Waals surface area contributed by atoms with E-state index in [9.17, 15) is 19.5 Å². The SMILES string of the molecule is COc1ccc(C(=O)N[C@@H](C(=O)NC2CCN(C(=O)c3cccc(O)c3)CC2)C(C)C)cc1. The van der Waals surface area contributed by atoms with Crippen molar-refractivity contribution in [2.75, 3.05) is 20.2 Å². The van der Waals surface area contributed by atoms with Gasteiger partial charge in [-0.3, -0.25) is 14.4 Å². The van der Waals surface area contributed by atoms with Gasteiger partial charge < -0.3 is 25.4 Å². The van der Waals surface area contributed by atoms with Crippen molar-refractivity contribution in [1.82, 2.24) is 15.5 Å². The molecular weight excluding hydrogens is 422 g/mol. The van der Waals surface area contributed by atoms with Crippen LogP contribution in [0.4, 0.5) is 0 Å². The Morgan fingerprint density at radius 1 is 1.03 bits per heavy atom. The van der Waals surface area contributed by atoms with Crippen LogP contribution in [0.2, 0.25) is 0 Å². The van der Waals surface area contributed by atoms with E-state index in [1.165, 1.54) is 12.1 Å². The number of hydrogen-bond donors (Lipinski definition) is 3. The van der Waals surface area contributed by atoms with Gasteiger partial charge in [0.2, 0.25) is 5.91 Å². The third kappa shape index (κ3) is 6.25. The fourth-order valence-electron chi connectivity index (χ4n) is 3.84. The maximum atomic E-state index is 12.9. The monoisotopic (exact) mass is 453 g/mol. The summed E-state index contributed by atoms with van der Waals surface area (Å²) in [5.74, 6) is -0.0808. The Hall–Kier alpha value is -3.55. The van der Waals surface area contributed by atoms with Gasteiger partial charge in [0.15, 0.2) is 0 Å². The number of benzene rings is 2. The van der Waals surface area contributed by atoms with Crippen LogP contribution in [-0.4, -0.2) is 60.0 Å². The van der Waals surface area contributed by atoms with E-state index in [4.69, 9.17) is 4.74 Å². The Labute approximate surface area is 193 Å². The van der Waals surface area contributed by atoms with Crippen molar-refractivity contribution in [1.29, 1.82) is 0 Å². The Morgan fingerprint density at radius 3 is 2.27 bits per heavy atom. The molecule has 8 heteroatoms. The Bertz CT molecular complexity index is 982. The molecule has 0 radical (unpaired) electrons. The molecule has 1 aliphatic rings. The quantitative estimate of drug-likeness (QED) is 0.597. The maximum Gasteiger partial charge on any atom is 0.253 e. The molecule has 1 fully saturated rings. The van der Waals surface area contributed by atoms with Crippen molar-refractivity contribution < 1.29 is 24.2 Å². The van der Waals surface area contributed by atoms with Gasteiger partial charge >= 0.3 is 0 Å². The number of aromatic hydroxyl groups is 1. The summed E-state index contributed by atoms with van der Waals surface area (Å²) in [5.41, 5.74) is 0.895. The highest BCUT2D eigenvalue weighted by Gasteiger charge is 2.29. The van der Waals surface area contributed by atoms with Crippen molar-refractivity contribution in [2.24, 2.45) is 5.92 Å². The van der Waals surface area contributed by atoms with Crippen LogP contribution < -0.4 is 15.4 Å². The molecule has 3 amide bonds. The Kier molecular flexibility index (Phi) is 7.92. The van der Waals surface area contributed by atoms with Gasteiger partial charge in [-0.1, -0.05) is 19.9 Å². The molecule has 1 atom stereocenters. The summed E-state index contributed by atoms with van der Waals surface area (Å²) < 4.78 is 5.11. The number of rotatable bonds is 7. The second kappa shape index (κ2) is 10.8. The molecule has 176 valence electrons. The number of ether oxygens (including phenoxy) is 1. The van der Waals surface area contributed by atoms with Gasteiger partial charge in [0.25, 0.3) is 11.8 Å². The van der Waals surface area contributed by atoms with Crippen molar-refractivity contribution in [3.8, 4) is 11.5 Å². The number of nitrogens with one attached hydrogen (secondary N) is 2. The summed E-state index contributed by atoms with van der Waals surface area (Å²) in [6.07, 6.45) is 1.24. The first-order valence-electron chi connectivity index (χ1n) is 11.1. The largest absolute Gasteiger partial charge is 0.508 e. The number of phenolic OH excluding ortho intramolecular Hbond substituents is 1. The van der Waals surface area contributed by atoms with E-state index >= 15 is 0 Å². The van der Waals surface area contributed by atoms with Crippen LogP contribution in [0.15, 0.2) is 48.5 Å². The fourth-order valence-corrected chi connectivity index (χ4v) is 3.84. The Morgan fingerprint density at radius 2 is 1.70 bits per heavy atom. The van der Waals surface area contributed by atoms with E-state index in [2.05, 4.69) is 10.6 Å². The number of phenols is 1. The number of nitrogens with zero attached hydrogens (tertiary/aromatic N) is 1. The lowest BCUT2D eigenvalue weighted by atomic mass is 9.99. The molecule has 1 saturated heterocycles. The van der Waals surface area contributed by atoms with Gasteiger partial charge in [0, 0.05) is 30.3 Å². The average Bonchev–Trinajstić information content (AvgIpc) is 2.82. The Balaban J connectivity index is 1.54. The van der Waals surface area contributed by atoms with E-state index in [-0.39, 0.29) is 35.4 Å².